The van der Waals surface area contributed by atoms with Gasteiger partial charge in [-0.3, -0.25) is 4.99 Å². The summed E-state index contributed by atoms with van der Waals surface area (Å²) in [6.45, 7) is 11.5. The molecule has 0 spiro atoms. The number of aromatic nitrogens is 1. The fraction of sp³-hybridized carbons (Fsp3) is 0.522. The Labute approximate surface area is 189 Å². The molecule has 0 aliphatic rings. The number of hydrogen-bond donors (Lipinski definition) is 2. The Morgan fingerprint density at radius 3 is 2.71 bits per heavy atom. The predicted molar refractivity (Wildman–Crippen MR) is 128 cm³/mol. The maximum atomic E-state index is 12.1. The largest absolute Gasteiger partial charge is 0.462 e. The monoisotopic (exact) mass is 445 g/mol. The maximum Gasteiger partial charge on any atom is 0.350 e. The summed E-state index contributed by atoms with van der Waals surface area (Å²) in [5.74, 6) is 0.447. The van der Waals surface area contributed by atoms with Crippen molar-refractivity contribution < 1.29 is 9.53 Å². The molecular weight excluding hydrogens is 410 g/mol. The smallest absolute Gasteiger partial charge is 0.350 e. The zero-order chi connectivity index (χ0) is 22.6. The van der Waals surface area contributed by atoms with Crippen molar-refractivity contribution in [2.75, 3.05) is 33.3 Å². The summed E-state index contributed by atoms with van der Waals surface area (Å²) in [4.78, 5) is 24.2. The minimum absolute atomic E-state index is 0.0644. The number of carbonyl (C=O) groups excluding carboxylic acids is 1. The quantitative estimate of drug-likeness (QED) is 0.237. The second-order valence-electron chi connectivity index (χ2n) is 7.39. The second-order valence-corrected chi connectivity index (χ2v) is 8.42. The molecule has 1 aromatic carbocycles. The van der Waals surface area contributed by atoms with E-state index in [0.29, 0.717) is 17.2 Å². The standard InChI is InChI=1S/C23H35N5O2S/c1-6-24-23(25-14-11-15-28(5)16-19-12-9-8-10-13-19)27-18(4)21-26-17(3)20(31-21)22(29)30-7-2/h8-10,12-13,18H,6-7,11,14-16H2,1-5H3,(H2,24,25,27). The van der Waals surface area contributed by atoms with E-state index in [0.717, 1.165) is 43.6 Å². The first kappa shape index (κ1) is 24.8. The number of hydrogen-bond acceptors (Lipinski definition) is 6. The van der Waals surface area contributed by atoms with Crippen molar-refractivity contribution in [1.82, 2.24) is 20.5 Å². The number of aliphatic imine (C=N–C) groups is 1. The van der Waals surface area contributed by atoms with Crippen molar-refractivity contribution in [2.45, 2.75) is 46.7 Å². The molecule has 0 fully saturated rings. The van der Waals surface area contributed by atoms with Crippen LogP contribution in [0.15, 0.2) is 35.3 Å². The Balaban J connectivity index is 1.87. The summed E-state index contributed by atoms with van der Waals surface area (Å²) < 4.78 is 5.11. The van der Waals surface area contributed by atoms with Gasteiger partial charge in [-0.05, 0) is 53.3 Å². The van der Waals surface area contributed by atoms with Crippen LogP contribution in [0, 0.1) is 6.92 Å². The molecule has 0 saturated heterocycles. The first-order chi connectivity index (χ1) is 14.9. The number of esters is 1. The fourth-order valence-corrected chi connectivity index (χ4v) is 4.04. The van der Waals surface area contributed by atoms with Gasteiger partial charge >= 0.3 is 5.97 Å². The molecule has 2 N–H and O–H groups in total. The molecule has 0 saturated carbocycles. The van der Waals surface area contributed by atoms with Gasteiger partial charge in [-0.25, -0.2) is 9.78 Å². The van der Waals surface area contributed by atoms with Gasteiger partial charge in [-0.15, -0.1) is 11.3 Å². The maximum absolute atomic E-state index is 12.1. The van der Waals surface area contributed by atoms with E-state index >= 15 is 0 Å². The minimum Gasteiger partial charge on any atom is -0.462 e. The van der Waals surface area contributed by atoms with E-state index in [2.05, 4.69) is 51.8 Å². The summed E-state index contributed by atoms with van der Waals surface area (Å²) in [5.41, 5.74) is 2.02. The third-order valence-electron chi connectivity index (χ3n) is 4.61. The summed E-state index contributed by atoms with van der Waals surface area (Å²) in [7, 11) is 2.13. The zero-order valence-corrected chi connectivity index (χ0v) is 20.1. The molecule has 0 amide bonds. The van der Waals surface area contributed by atoms with Crippen LogP contribution in [0.1, 0.15) is 59.2 Å². The lowest BCUT2D eigenvalue weighted by molar-refractivity contribution is 0.0531. The van der Waals surface area contributed by atoms with Crippen LogP contribution in [-0.2, 0) is 11.3 Å². The van der Waals surface area contributed by atoms with Crippen LogP contribution in [0.2, 0.25) is 0 Å². The second kappa shape index (κ2) is 13.1. The van der Waals surface area contributed by atoms with Crippen LogP contribution in [0.3, 0.4) is 0 Å². The zero-order valence-electron chi connectivity index (χ0n) is 19.3. The Kier molecular flexibility index (Phi) is 10.5. The highest BCUT2D eigenvalue weighted by Gasteiger charge is 2.20. The highest BCUT2D eigenvalue weighted by Crippen LogP contribution is 2.24. The molecular formula is C23H35N5O2S. The van der Waals surface area contributed by atoms with E-state index < -0.39 is 0 Å². The molecule has 31 heavy (non-hydrogen) atoms. The van der Waals surface area contributed by atoms with Gasteiger partial charge in [0.2, 0.25) is 0 Å². The predicted octanol–water partition coefficient (Wildman–Crippen LogP) is 3.77. The molecule has 2 rings (SSSR count). The number of thiazole rings is 1. The average Bonchev–Trinajstić information content (AvgIpc) is 3.14. The van der Waals surface area contributed by atoms with Crippen LogP contribution in [0.4, 0.5) is 0 Å². The van der Waals surface area contributed by atoms with Gasteiger partial charge in [-0.1, -0.05) is 30.3 Å². The van der Waals surface area contributed by atoms with Crippen LogP contribution in [0.25, 0.3) is 0 Å². The average molecular weight is 446 g/mol. The van der Waals surface area contributed by atoms with E-state index in [-0.39, 0.29) is 12.0 Å². The fourth-order valence-electron chi connectivity index (χ4n) is 3.08. The molecule has 2 aromatic rings. The van der Waals surface area contributed by atoms with Crippen molar-refractivity contribution in [3.63, 3.8) is 0 Å². The van der Waals surface area contributed by atoms with Gasteiger partial charge in [0.25, 0.3) is 0 Å². The molecule has 0 bridgehead atoms. The highest BCUT2D eigenvalue weighted by atomic mass is 32.1. The van der Waals surface area contributed by atoms with Crippen LogP contribution >= 0.6 is 11.3 Å². The number of rotatable bonds is 11. The van der Waals surface area contributed by atoms with Gasteiger partial charge in [0.05, 0.1) is 18.3 Å². The van der Waals surface area contributed by atoms with Crippen molar-refractivity contribution in [3.8, 4) is 0 Å². The third kappa shape index (κ3) is 8.30. The number of nitrogens with one attached hydrogen (secondary N) is 2. The normalized spacial score (nSPS) is 12.6. The van der Waals surface area contributed by atoms with E-state index in [9.17, 15) is 4.79 Å². The Morgan fingerprint density at radius 1 is 1.29 bits per heavy atom. The van der Waals surface area contributed by atoms with Crippen molar-refractivity contribution in [2.24, 2.45) is 4.99 Å². The SMILES string of the molecule is CCNC(=NCCCN(C)Cc1ccccc1)NC(C)c1nc(C)c(C(=O)OCC)s1. The van der Waals surface area contributed by atoms with Crippen molar-refractivity contribution in [3.05, 3.63) is 51.5 Å². The van der Waals surface area contributed by atoms with Gasteiger partial charge in [-0.2, -0.15) is 0 Å². The lowest BCUT2D eigenvalue weighted by Gasteiger charge is -2.17. The van der Waals surface area contributed by atoms with Crippen LogP contribution in [0.5, 0.6) is 0 Å². The van der Waals surface area contributed by atoms with E-state index in [1.165, 1.54) is 16.9 Å². The van der Waals surface area contributed by atoms with Crippen LogP contribution < -0.4 is 10.6 Å². The molecule has 1 aromatic heterocycles. The lowest BCUT2D eigenvalue weighted by Crippen LogP contribution is -2.38. The summed E-state index contributed by atoms with van der Waals surface area (Å²) in [5, 5.41) is 7.52. The number of guanidine groups is 1. The van der Waals surface area contributed by atoms with Crippen LogP contribution in [-0.4, -0.2) is 55.1 Å². The first-order valence-corrected chi connectivity index (χ1v) is 11.7. The van der Waals surface area contributed by atoms with Gasteiger partial charge in [0, 0.05) is 19.6 Å². The third-order valence-corrected chi connectivity index (χ3v) is 5.93. The minimum atomic E-state index is -0.309. The molecule has 8 heteroatoms. The Morgan fingerprint density at radius 2 is 2.03 bits per heavy atom. The topological polar surface area (TPSA) is 78.9 Å². The van der Waals surface area contributed by atoms with E-state index in [4.69, 9.17) is 9.73 Å². The number of carbonyl (C=O) groups is 1. The summed E-state index contributed by atoms with van der Waals surface area (Å²) >= 11 is 1.37. The molecule has 1 heterocycles. The number of nitrogens with zero attached hydrogens (tertiary/aromatic N) is 3. The Bertz CT molecular complexity index is 838. The summed E-state index contributed by atoms with van der Waals surface area (Å²) in [6, 6.07) is 10.4. The van der Waals surface area contributed by atoms with Gasteiger partial charge in [0.1, 0.15) is 9.88 Å². The molecule has 1 atom stereocenters. The van der Waals surface area contributed by atoms with E-state index in [1.807, 2.05) is 26.8 Å². The first-order valence-electron chi connectivity index (χ1n) is 10.9. The summed E-state index contributed by atoms with van der Waals surface area (Å²) in [6.07, 6.45) is 0.970. The number of aryl methyl sites for hydroxylation is 1. The molecule has 170 valence electrons. The molecule has 0 aliphatic heterocycles. The number of benzene rings is 1. The molecule has 7 nitrogen and oxygen atoms in total. The van der Waals surface area contributed by atoms with Crippen molar-refractivity contribution >= 4 is 23.3 Å². The van der Waals surface area contributed by atoms with Crippen molar-refractivity contribution in [1.29, 1.82) is 0 Å². The van der Waals surface area contributed by atoms with Gasteiger partial charge in [0.15, 0.2) is 5.96 Å². The Hall–Kier alpha value is -2.45. The molecule has 1 unspecified atom stereocenters. The number of ether oxygens (including phenoxy) is 1. The van der Waals surface area contributed by atoms with E-state index in [1.54, 1.807) is 6.92 Å². The molecule has 0 aliphatic carbocycles. The van der Waals surface area contributed by atoms with Gasteiger partial charge < -0.3 is 20.3 Å². The lowest BCUT2D eigenvalue weighted by atomic mass is 10.2. The molecule has 0 radical (unpaired) electrons. The highest BCUT2D eigenvalue weighted by molar-refractivity contribution is 7.13.